The first-order chi connectivity index (χ1) is 19.5. The highest BCUT2D eigenvalue weighted by molar-refractivity contribution is 5.99. The number of aryl methyl sites for hydroxylation is 2. The molecule has 41 heavy (non-hydrogen) atoms. The zero-order valence-corrected chi connectivity index (χ0v) is 23.0. The molecule has 220 valence electrons. The molecule has 1 saturated heterocycles. The lowest BCUT2D eigenvalue weighted by atomic mass is 9.95. The molecular formula is C29H34F3N5O4. The van der Waals surface area contributed by atoms with E-state index in [2.05, 4.69) is 25.8 Å². The Morgan fingerprint density at radius 1 is 1.15 bits per heavy atom. The van der Waals surface area contributed by atoms with E-state index in [1.165, 1.54) is 6.92 Å². The maximum absolute atomic E-state index is 13.2. The van der Waals surface area contributed by atoms with Gasteiger partial charge in [-0.3, -0.25) is 19.9 Å². The number of amides is 2. The Labute approximate surface area is 236 Å². The van der Waals surface area contributed by atoms with E-state index in [1.807, 2.05) is 12.1 Å². The molecule has 2 aromatic rings. The van der Waals surface area contributed by atoms with Gasteiger partial charge in [-0.2, -0.15) is 13.2 Å². The highest BCUT2D eigenvalue weighted by Crippen LogP contribution is 2.32. The minimum absolute atomic E-state index is 0.00264. The van der Waals surface area contributed by atoms with Gasteiger partial charge in [-0.25, -0.2) is 4.79 Å². The van der Waals surface area contributed by atoms with Crippen molar-refractivity contribution in [2.45, 2.75) is 51.7 Å². The summed E-state index contributed by atoms with van der Waals surface area (Å²) >= 11 is 0. The van der Waals surface area contributed by atoms with Crippen LogP contribution in [0.1, 0.15) is 52.4 Å². The van der Waals surface area contributed by atoms with Crippen LogP contribution in [0.15, 0.2) is 41.4 Å². The SMILES string of the molecule is CCc1cc(C(F)(F)F)cc(C)c1C(=O)NC(Cc1ccc(N2CCC(C(=O)NC3=NCCN3)CC2)cc1)C(=O)O. The van der Waals surface area contributed by atoms with Crippen molar-refractivity contribution in [3.63, 3.8) is 0 Å². The van der Waals surface area contributed by atoms with Crippen LogP contribution in [0.5, 0.6) is 0 Å². The van der Waals surface area contributed by atoms with E-state index < -0.39 is 29.7 Å². The van der Waals surface area contributed by atoms with E-state index >= 15 is 0 Å². The van der Waals surface area contributed by atoms with Gasteiger partial charge < -0.3 is 20.6 Å². The molecule has 0 radical (unpaired) electrons. The highest BCUT2D eigenvalue weighted by atomic mass is 19.4. The normalized spacial score (nSPS) is 16.5. The molecule has 0 aliphatic carbocycles. The Kier molecular flexibility index (Phi) is 9.19. The number of hydrogen-bond acceptors (Lipinski definition) is 6. The van der Waals surface area contributed by atoms with E-state index in [9.17, 15) is 32.7 Å². The number of aliphatic carboxylic acids is 1. The van der Waals surface area contributed by atoms with Crippen LogP contribution in [0.2, 0.25) is 0 Å². The lowest BCUT2D eigenvalue weighted by Crippen LogP contribution is -2.45. The summed E-state index contributed by atoms with van der Waals surface area (Å²) in [5.74, 6) is -1.57. The number of piperidine rings is 1. The number of nitrogens with zero attached hydrogens (tertiary/aromatic N) is 2. The number of aliphatic imine (C=N–C) groups is 1. The van der Waals surface area contributed by atoms with E-state index in [0.717, 1.165) is 24.4 Å². The number of carboxylic acid groups (broad SMARTS) is 1. The average molecular weight is 574 g/mol. The Balaban J connectivity index is 1.36. The van der Waals surface area contributed by atoms with Crippen LogP contribution in [-0.4, -0.2) is 61.1 Å². The number of anilines is 1. The third-order valence-electron chi connectivity index (χ3n) is 7.48. The molecular weight excluding hydrogens is 539 g/mol. The topological polar surface area (TPSA) is 123 Å². The molecule has 12 heteroatoms. The van der Waals surface area contributed by atoms with Crippen molar-refractivity contribution < 1.29 is 32.7 Å². The van der Waals surface area contributed by atoms with Gasteiger partial charge in [0.15, 0.2) is 5.96 Å². The summed E-state index contributed by atoms with van der Waals surface area (Å²) in [6.45, 7) is 5.82. The van der Waals surface area contributed by atoms with Crippen LogP contribution in [0.4, 0.5) is 18.9 Å². The third kappa shape index (κ3) is 7.36. The number of carboxylic acids is 1. The van der Waals surface area contributed by atoms with Crippen molar-refractivity contribution in [3.05, 3.63) is 64.2 Å². The highest BCUT2D eigenvalue weighted by Gasteiger charge is 2.33. The Hall–Kier alpha value is -4.09. The number of nitrogens with one attached hydrogen (secondary N) is 3. The van der Waals surface area contributed by atoms with Crippen LogP contribution in [0.3, 0.4) is 0 Å². The number of carbonyl (C=O) groups is 3. The molecule has 0 spiro atoms. The zero-order valence-electron chi connectivity index (χ0n) is 23.0. The Morgan fingerprint density at radius 3 is 2.39 bits per heavy atom. The Bertz CT molecular complexity index is 1320. The van der Waals surface area contributed by atoms with Gasteiger partial charge >= 0.3 is 12.1 Å². The molecule has 0 saturated carbocycles. The van der Waals surface area contributed by atoms with Crippen LogP contribution >= 0.6 is 0 Å². The first kappa shape index (κ1) is 29.9. The van der Waals surface area contributed by atoms with Crippen molar-refractivity contribution >= 4 is 29.4 Å². The Morgan fingerprint density at radius 2 is 1.83 bits per heavy atom. The maximum Gasteiger partial charge on any atom is 0.416 e. The van der Waals surface area contributed by atoms with Gasteiger partial charge in [0.25, 0.3) is 5.91 Å². The lowest BCUT2D eigenvalue weighted by Gasteiger charge is -2.33. The molecule has 1 atom stereocenters. The summed E-state index contributed by atoms with van der Waals surface area (Å²) in [7, 11) is 0. The number of carbonyl (C=O) groups excluding carboxylic acids is 2. The lowest BCUT2D eigenvalue weighted by molar-refractivity contribution is -0.139. The van der Waals surface area contributed by atoms with Gasteiger partial charge in [0.2, 0.25) is 5.91 Å². The molecule has 9 nitrogen and oxygen atoms in total. The molecule has 2 amide bonds. The predicted molar refractivity (Wildman–Crippen MR) is 148 cm³/mol. The number of halogens is 3. The fourth-order valence-corrected chi connectivity index (χ4v) is 5.24. The van der Waals surface area contributed by atoms with E-state index in [0.29, 0.717) is 44.0 Å². The smallest absolute Gasteiger partial charge is 0.416 e. The van der Waals surface area contributed by atoms with Gasteiger partial charge in [0.05, 0.1) is 12.1 Å². The first-order valence-corrected chi connectivity index (χ1v) is 13.6. The maximum atomic E-state index is 13.2. The summed E-state index contributed by atoms with van der Waals surface area (Å²) in [5, 5.41) is 18.1. The van der Waals surface area contributed by atoms with Crippen molar-refractivity contribution in [1.82, 2.24) is 16.0 Å². The van der Waals surface area contributed by atoms with E-state index in [4.69, 9.17) is 0 Å². The van der Waals surface area contributed by atoms with Gasteiger partial charge in [-0.15, -0.1) is 0 Å². The second-order valence-corrected chi connectivity index (χ2v) is 10.3. The van der Waals surface area contributed by atoms with Crippen LogP contribution < -0.4 is 20.9 Å². The minimum Gasteiger partial charge on any atom is -0.480 e. The number of hydrogen-bond donors (Lipinski definition) is 4. The fourth-order valence-electron chi connectivity index (χ4n) is 5.24. The average Bonchev–Trinajstić information content (AvgIpc) is 3.45. The third-order valence-corrected chi connectivity index (χ3v) is 7.48. The van der Waals surface area contributed by atoms with Gasteiger partial charge in [-0.1, -0.05) is 19.1 Å². The molecule has 4 N–H and O–H groups in total. The molecule has 2 aliphatic rings. The van der Waals surface area contributed by atoms with Crippen molar-refractivity contribution in [3.8, 4) is 0 Å². The summed E-state index contributed by atoms with van der Waals surface area (Å²) in [4.78, 5) is 43.9. The second-order valence-electron chi connectivity index (χ2n) is 10.3. The molecule has 0 bridgehead atoms. The first-order valence-electron chi connectivity index (χ1n) is 13.6. The van der Waals surface area contributed by atoms with Crippen molar-refractivity contribution in [2.24, 2.45) is 10.9 Å². The molecule has 4 rings (SSSR count). The van der Waals surface area contributed by atoms with Crippen molar-refractivity contribution in [2.75, 3.05) is 31.1 Å². The van der Waals surface area contributed by atoms with Crippen LogP contribution in [0.25, 0.3) is 0 Å². The summed E-state index contributed by atoms with van der Waals surface area (Å²) < 4.78 is 39.7. The fraction of sp³-hybridized carbons (Fsp3) is 0.448. The minimum atomic E-state index is -4.55. The van der Waals surface area contributed by atoms with Crippen molar-refractivity contribution in [1.29, 1.82) is 0 Å². The molecule has 1 unspecified atom stereocenters. The van der Waals surface area contributed by atoms with Crippen LogP contribution in [-0.2, 0) is 28.6 Å². The van der Waals surface area contributed by atoms with Gasteiger partial charge in [0, 0.05) is 43.2 Å². The van der Waals surface area contributed by atoms with Gasteiger partial charge in [0.1, 0.15) is 6.04 Å². The van der Waals surface area contributed by atoms with E-state index in [1.54, 1.807) is 19.1 Å². The summed E-state index contributed by atoms with van der Waals surface area (Å²) in [6.07, 6.45) is -2.98. The number of alkyl halides is 3. The van der Waals surface area contributed by atoms with Gasteiger partial charge in [-0.05, 0) is 67.1 Å². The number of guanidine groups is 1. The zero-order chi connectivity index (χ0) is 29.7. The quantitative estimate of drug-likeness (QED) is 0.385. The molecule has 2 aliphatic heterocycles. The molecule has 2 heterocycles. The predicted octanol–water partition coefficient (Wildman–Crippen LogP) is 3.29. The number of benzene rings is 2. The molecule has 0 aromatic heterocycles. The number of rotatable bonds is 8. The summed E-state index contributed by atoms with van der Waals surface area (Å²) in [5.41, 5.74) is 1.17. The summed E-state index contributed by atoms with van der Waals surface area (Å²) in [6, 6.07) is 7.91. The van der Waals surface area contributed by atoms with E-state index in [-0.39, 0.29) is 41.4 Å². The standard InChI is InChI=1S/C29H34F3N5O4/c1-3-19-16-21(29(30,31)32)14-17(2)24(19)26(39)35-23(27(40)41)15-18-4-6-22(7-5-18)37-12-8-20(9-13-37)25(38)36-28-33-10-11-34-28/h4-7,14,16,20,23H,3,8-13,15H2,1-2H3,(H,35,39)(H,40,41)(H2,33,34,36,38). The largest absolute Gasteiger partial charge is 0.480 e. The second kappa shape index (κ2) is 12.6. The molecule has 2 aromatic carbocycles. The monoisotopic (exact) mass is 573 g/mol. The molecule has 1 fully saturated rings. The van der Waals surface area contributed by atoms with Crippen LogP contribution in [0, 0.1) is 12.8 Å².